The van der Waals surface area contributed by atoms with Gasteiger partial charge in [0.05, 0.1) is 6.21 Å². The van der Waals surface area contributed by atoms with Crippen LogP contribution in [0.4, 0.5) is 0 Å². The molecule has 0 heterocycles. The summed E-state index contributed by atoms with van der Waals surface area (Å²) in [6, 6.07) is 0. The molecule has 3 heteroatoms. The van der Waals surface area contributed by atoms with Gasteiger partial charge < -0.3 is 4.84 Å². The van der Waals surface area contributed by atoms with Gasteiger partial charge in [-0.05, 0) is 6.92 Å². The van der Waals surface area contributed by atoms with Gasteiger partial charge in [0.15, 0.2) is 0 Å². The molecule has 0 bridgehead atoms. The number of carbonyl (C=O) groups is 1. The van der Waals surface area contributed by atoms with Gasteiger partial charge in [-0.1, -0.05) is 5.16 Å². The number of rotatable bonds is 3. The first-order valence-corrected chi connectivity index (χ1v) is 2.31. The van der Waals surface area contributed by atoms with E-state index in [0.717, 1.165) is 0 Å². The van der Waals surface area contributed by atoms with E-state index in [9.17, 15) is 4.79 Å². The van der Waals surface area contributed by atoms with Gasteiger partial charge in [0.25, 0.3) is 0 Å². The van der Waals surface area contributed by atoms with Crippen LogP contribution >= 0.6 is 0 Å². The highest BCUT2D eigenvalue weighted by Gasteiger charge is 1.84. The molecule has 0 aromatic heterocycles. The lowest BCUT2D eigenvalue weighted by molar-refractivity contribution is -0.115. The van der Waals surface area contributed by atoms with Gasteiger partial charge in [0.2, 0.25) is 0 Å². The number of hydrogen-bond donors (Lipinski definition) is 0. The van der Waals surface area contributed by atoms with Crippen molar-refractivity contribution in [3.05, 3.63) is 0 Å². The smallest absolute Gasteiger partial charge is 0.135 e. The molecule has 0 saturated heterocycles. The van der Waals surface area contributed by atoms with Crippen molar-refractivity contribution in [1.29, 1.82) is 0 Å². The first-order chi connectivity index (χ1) is 3.77. The summed E-state index contributed by atoms with van der Waals surface area (Å²) >= 11 is 0. The second kappa shape index (κ2) is 4.30. The highest BCUT2D eigenvalue weighted by atomic mass is 16.6. The second-order valence-corrected chi connectivity index (χ2v) is 1.38. The van der Waals surface area contributed by atoms with Gasteiger partial charge >= 0.3 is 0 Å². The molecule has 0 aliphatic carbocycles. The fourth-order valence-electron chi connectivity index (χ4n) is 0.240. The van der Waals surface area contributed by atoms with E-state index in [-0.39, 0.29) is 5.78 Å². The molecular formula is C5H9NO2. The third-order valence-electron chi connectivity index (χ3n) is 0.559. The molecule has 0 aromatic carbocycles. The maximum Gasteiger partial charge on any atom is 0.135 e. The van der Waals surface area contributed by atoms with Crippen molar-refractivity contribution in [3.8, 4) is 0 Å². The summed E-state index contributed by atoms with van der Waals surface area (Å²) < 4.78 is 0. The second-order valence-electron chi connectivity index (χ2n) is 1.38. The summed E-state index contributed by atoms with van der Waals surface area (Å²) in [4.78, 5) is 14.5. The Morgan fingerprint density at radius 3 is 2.88 bits per heavy atom. The maximum atomic E-state index is 10.2. The molecule has 0 saturated carbocycles. The van der Waals surface area contributed by atoms with Crippen LogP contribution in [0.3, 0.4) is 0 Å². The van der Waals surface area contributed by atoms with Crippen molar-refractivity contribution in [1.82, 2.24) is 0 Å². The maximum absolute atomic E-state index is 10.2. The average molecular weight is 115 g/mol. The van der Waals surface area contributed by atoms with E-state index in [1.165, 1.54) is 20.2 Å². The van der Waals surface area contributed by atoms with Crippen LogP contribution in [0.2, 0.25) is 0 Å². The van der Waals surface area contributed by atoms with Gasteiger partial charge in [-0.3, -0.25) is 4.79 Å². The summed E-state index contributed by atoms with van der Waals surface area (Å²) in [6.45, 7) is 1.50. The Kier molecular flexibility index (Phi) is 3.84. The summed E-state index contributed by atoms with van der Waals surface area (Å²) in [5, 5.41) is 3.37. The molecule has 3 nitrogen and oxygen atoms in total. The van der Waals surface area contributed by atoms with Crippen LogP contribution < -0.4 is 0 Å². The topological polar surface area (TPSA) is 38.7 Å². The SMILES string of the molecule is CO/N=C/CC(C)=O. The predicted octanol–water partition coefficient (Wildman–Crippen LogP) is 0.598. The van der Waals surface area contributed by atoms with Crippen LogP contribution in [0.15, 0.2) is 5.16 Å². The minimum Gasteiger partial charge on any atom is -0.399 e. The van der Waals surface area contributed by atoms with Gasteiger partial charge in [-0.25, -0.2) is 0 Å². The van der Waals surface area contributed by atoms with Crippen molar-refractivity contribution in [3.63, 3.8) is 0 Å². The number of ketones is 1. The van der Waals surface area contributed by atoms with E-state index < -0.39 is 0 Å². The highest BCUT2D eigenvalue weighted by Crippen LogP contribution is 1.75. The molecule has 0 radical (unpaired) electrons. The minimum atomic E-state index is 0.0887. The van der Waals surface area contributed by atoms with Gasteiger partial charge in [0, 0.05) is 6.42 Å². The Labute approximate surface area is 48.3 Å². The van der Waals surface area contributed by atoms with E-state index in [0.29, 0.717) is 6.42 Å². The van der Waals surface area contributed by atoms with Crippen molar-refractivity contribution in [2.45, 2.75) is 13.3 Å². The molecule has 0 aliphatic rings. The molecule has 8 heavy (non-hydrogen) atoms. The molecular weight excluding hydrogens is 106 g/mol. The van der Waals surface area contributed by atoms with E-state index in [1.54, 1.807) is 0 Å². The molecule has 0 atom stereocenters. The molecule has 0 fully saturated rings. The van der Waals surface area contributed by atoms with Crippen LogP contribution in [0.5, 0.6) is 0 Å². The fraction of sp³-hybridized carbons (Fsp3) is 0.600. The summed E-state index contributed by atoms with van der Waals surface area (Å²) in [7, 11) is 1.44. The lowest BCUT2D eigenvalue weighted by atomic mass is 10.3. The number of hydrogen-bond acceptors (Lipinski definition) is 3. The Morgan fingerprint density at radius 1 is 1.88 bits per heavy atom. The Bertz CT molecular complexity index is 98.6. The Balaban J connectivity index is 3.16. The monoisotopic (exact) mass is 115 g/mol. The van der Waals surface area contributed by atoms with Crippen molar-refractivity contribution >= 4 is 12.0 Å². The highest BCUT2D eigenvalue weighted by molar-refractivity contribution is 5.89. The van der Waals surface area contributed by atoms with Crippen LogP contribution in [0.25, 0.3) is 0 Å². The van der Waals surface area contributed by atoms with E-state index in [1.807, 2.05) is 0 Å². The van der Waals surface area contributed by atoms with Crippen molar-refractivity contribution < 1.29 is 9.63 Å². The van der Waals surface area contributed by atoms with E-state index in [2.05, 4.69) is 9.99 Å². The third kappa shape index (κ3) is 5.14. The Morgan fingerprint density at radius 2 is 2.50 bits per heavy atom. The first-order valence-electron chi connectivity index (χ1n) is 2.31. The van der Waals surface area contributed by atoms with Crippen LogP contribution in [0.1, 0.15) is 13.3 Å². The zero-order valence-corrected chi connectivity index (χ0v) is 5.05. The number of carbonyl (C=O) groups excluding carboxylic acids is 1. The molecule has 0 N–H and O–H groups in total. The number of nitrogens with zero attached hydrogens (tertiary/aromatic N) is 1. The zero-order chi connectivity index (χ0) is 6.41. The van der Waals surface area contributed by atoms with Gasteiger partial charge in [0.1, 0.15) is 12.9 Å². The lowest BCUT2D eigenvalue weighted by Crippen LogP contribution is -1.89. The van der Waals surface area contributed by atoms with Crippen molar-refractivity contribution in [2.24, 2.45) is 5.16 Å². The normalized spacial score (nSPS) is 9.75. The van der Waals surface area contributed by atoms with E-state index in [4.69, 9.17) is 0 Å². The van der Waals surface area contributed by atoms with Gasteiger partial charge in [-0.15, -0.1) is 0 Å². The summed E-state index contributed by atoms with van der Waals surface area (Å²) in [5.41, 5.74) is 0. The Hall–Kier alpha value is -0.860. The average Bonchev–Trinajstić information content (AvgIpc) is 1.66. The molecule has 0 spiro atoms. The van der Waals surface area contributed by atoms with E-state index >= 15 is 0 Å². The molecule has 0 aliphatic heterocycles. The first kappa shape index (κ1) is 7.14. The number of Topliss-reactive ketones (excluding diaryl/α,β-unsaturated/α-hetero) is 1. The van der Waals surface area contributed by atoms with Crippen LogP contribution in [0, 0.1) is 0 Å². The molecule has 0 amide bonds. The quantitative estimate of drug-likeness (QED) is 0.399. The molecule has 0 aromatic rings. The summed E-state index contributed by atoms with van der Waals surface area (Å²) in [5.74, 6) is 0.0887. The van der Waals surface area contributed by atoms with Crippen molar-refractivity contribution in [2.75, 3.05) is 7.11 Å². The van der Waals surface area contributed by atoms with Crippen LogP contribution in [-0.2, 0) is 9.63 Å². The fourth-order valence-corrected chi connectivity index (χ4v) is 0.240. The standard InChI is InChI=1S/C5H9NO2/c1-5(7)3-4-6-8-2/h4H,3H2,1-2H3/b6-4+. The molecule has 0 rings (SSSR count). The lowest BCUT2D eigenvalue weighted by Gasteiger charge is -1.82. The summed E-state index contributed by atoms with van der Waals surface area (Å²) in [6.07, 6.45) is 1.79. The molecule has 0 unspecified atom stereocenters. The largest absolute Gasteiger partial charge is 0.399 e. The minimum absolute atomic E-state index is 0.0887. The molecule has 46 valence electrons. The predicted molar refractivity (Wildman–Crippen MR) is 30.8 cm³/mol. The van der Waals surface area contributed by atoms with Crippen LogP contribution in [-0.4, -0.2) is 19.1 Å². The number of oxime groups is 1. The third-order valence-corrected chi connectivity index (χ3v) is 0.559. The van der Waals surface area contributed by atoms with Gasteiger partial charge in [-0.2, -0.15) is 0 Å². The zero-order valence-electron chi connectivity index (χ0n) is 5.05.